The largest absolute Gasteiger partial charge is 0.504 e. The Morgan fingerprint density at radius 3 is 2.90 bits per heavy atom. The smallest absolute Gasteiger partial charge is 0.275 e. The number of hydrogen-bond acceptors (Lipinski definition) is 4. The van der Waals surface area contributed by atoms with Crippen molar-refractivity contribution in [1.82, 2.24) is 15.1 Å². The van der Waals surface area contributed by atoms with Crippen LogP contribution in [0.1, 0.15) is 33.4 Å². The lowest BCUT2D eigenvalue weighted by atomic mass is 9.99. The van der Waals surface area contributed by atoms with E-state index in [1.807, 2.05) is 6.92 Å². The summed E-state index contributed by atoms with van der Waals surface area (Å²) in [6.45, 7) is 1.89. The minimum absolute atomic E-state index is 0.0763. The number of aromatic nitrogens is 2. The van der Waals surface area contributed by atoms with Crippen molar-refractivity contribution < 1.29 is 14.6 Å². The predicted octanol–water partition coefficient (Wildman–Crippen LogP) is 1.61. The van der Waals surface area contributed by atoms with Gasteiger partial charge >= 0.3 is 0 Å². The molecule has 0 saturated carbocycles. The summed E-state index contributed by atoms with van der Waals surface area (Å²) >= 11 is 0. The van der Waals surface area contributed by atoms with Crippen LogP contribution in [0.5, 0.6) is 11.5 Å². The Morgan fingerprint density at radius 2 is 2.20 bits per heavy atom. The van der Waals surface area contributed by atoms with Crippen LogP contribution in [0.2, 0.25) is 0 Å². The molecule has 6 nitrogen and oxygen atoms in total. The molecular weight excluding hydrogens is 258 g/mol. The van der Waals surface area contributed by atoms with E-state index in [0.29, 0.717) is 11.4 Å². The van der Waals surface area contributed by atoms with Gasteiger partial charge in [0, 0.05) is 18.3 Å². The van der Waals surface area contributed by atoms with Gasteiger partial charge in [0.05, 0.1) is 13.2 Å². The lowest BCUT2D eigenvalue weighted by Gasteiger charge is -2.22. The third-order valence-corrected chi connectivity index (χ3v) is 3.70. The van der Waals surface area contributed by atoms with Crippen LogP contribution in [0.25, 0.3) is 0 Å². The van der Waals surface area contributed by atoms with Gasteiger partial charge in [0.2, 0.25) is 0 Å². The molecule has 0 aliphatic carbocycles. The molecule has 104 valence electrons. The molecule has 3 rings (SSSR count). The van der Waals surface area contributed by atoms with E-state index in [-0.39, 0.29) is 17.7 Å². The summed E-state index contributed by atoms with van der Waals surface area (Å²) in [5.74, 6) is 0.353. The summed E-state index contributed by atoms with van der Waals surface area (Å²) in [5.41, 5.74) is 3.08. The Kier molecular flexibility index (Phi) is 2.67. The highest BCUT2D eigenvalue weighted by Crippen LogP contribution is 2.40. The van der Waals surface area contributed by atoms with Crippen molar-refractivity contribution in [2.24, 2.45) is 0 Å². The molecule has 2 N–H and O–H groups in total. The fraction of sp³-hybridized carbons (Fsp3) is 0.286. The van der Waals surface area contributed by atoms with Crippen molar-refractivity contribution in [2.45, 2.75) is 13.0 Å². The van der Waals surface area contributed by atoms with E-state index in [9.17, 15) is 9.90 Å². The lowest BCUT2D eigenvalue weighted by molar-refractivity contribution is 0.0787. The Hall–Kier alpha value is -2.50. The van der Waals surface area contributed by atoms with Gasteiger partial charge in [-0.05, 0) is 24.6 Å². The van der Waals surface area contributed by atoms with Crippen molar-refractivity contribution in [3.05, 3.63) is 40.7 Å². The highest BCUT2D eigenvalue weighted by Gasteiger charge is 2.39. The van der Waals surface area contributed by atoms with Crippen LogP contribution < -0.4 is 4.74 Å². The number of hydrogen-bond donors (Lipinski definition) is 2. The number of aromatic amines is 1. The topological polar surface area (TPSA) is 78.5 Å². The molecule has 0 fully saturated rings. The fourth-order valence-corrected chi connectivity index (χ4v) is 2.67. The van der Waals surface area contributed by atoms with Gasteiger partial charge in [-0.25, -0.2) is 0 Å². The number of phenolic OH excluding ortho intramolecular Hbond substituents is 1. The Bertz CT molecular complexity index is 693. The predicted molar refractivity (Wildman–Crippen MR) is 71.9 cm³/mol. The van der Waals surface area contributed by atoms with Crippen LogP contribution in [0.4, 0.5) is 0 Å². The van der Waals surface area contributed by atoms with Gasteiger partial charge in [-0.15, -0.1) is 0 Å². The first-order chi connectivity index (χ1) is 9.54. The van der Waals surface area contributed by atoms with Crippen LogP contribution in [0.3, 0.4) is 0 Å². The third kappa shape index (κ3) is 1.57. The van der Waals surface area contributed by atoms with Gasteiger partial charge in [0.25, 0.3) is 5.91 Å². The van der Waals surface area contributed by atoms with E-state index in [1.54, 1.807) is 30.1 Å². The number of methoxy groups -OCH3 is 1. The van der Waals surface area contributed by atoms with Crippen molar-refractivity contribution in [3.63, 3.8) is 0 Å². The second-order valence-electron chi connectivity index (χ2n) is 4.86. The van der Waals surface area contributed by atoms with Crippen molar-refractivity contribution in [2.75, 3.05) is 14.2 Å². The highest BCUT2D eigenvalue weighted by molar-refractivity contribution is 5.98. The number of aryl methyl sites for hydroxylation is 1. The van der Waals surface area contributed by atoms with E-state index >= 15 is 0 Å². The third-order valence-electron chi connectivity index (χ3n) is 3.70. The molecule has 6 heteroatoms. The van der Waals surface area contributed by atoms with Crippen LogP contribution in [-0.4, -0.2) is 40.3 Å². The number of phenols is 1. The molecule has 0 saturated heterocycles. The molecular formula is C14H15N3O3. The summed E-state index contributed by atoms with van der Waals surface area (Å²) in [5, 5.41) is 16.6. The summed E-state index contributed by atoms with van der Waals surface area (Å²) in [6, 6.07) is 4.88. The van der Waals surface area contributed by atoms with Crippen molar-refractivity contribution in [3.8, 4) is 11.5 Å². The number of ether oxygens (including phenoxy) is 1. The van der Waals surface area contributed by atoms with E-state index in [0.717, 1.165) is 16.8 Å². The number of carbonyl (C=O) groups is 1. The average molecular weight is 273 g/mol. The SMILES string of the molecule is COc1cc([C@H]2c3c(n[nH]c3C)C(=O)N2C)ccc1O. The number of aromatic hydroxyl groups is 1. The molecule has 2 heterocycles. The van der Waals surface area contributed by atoms with Gasteiger partial charge in [-0.3, -0.25) is 9.89 Å². The lowest BCUT2D eigenvalue weighted by Crippen LogP contribution is -2.24. The van der Waals surface area contributed by atoms with E-state index < -0.39 is 0 Å². The maximum Gasteiger partial charge on any atom is 0.275 e. The Balaban J connectivity index is 2.15. The molecule has 1 aromatic heterocycles. The average Bonchev–Trinajstić information content (AvgIpc) is 2.92. The molecule has 20 heavy (non-hydrogen) atoms. The number of fused-ring (bicyclic) bond motifs is 1. The van der Waals surface area contributed by atoms with Crippen LogP contribution >= 0.6 is 0 Å². The highest BCUT2D eigenvalue weighted by atomic mass is 16.5. The van der Waals surface area contributed by atoms with Crippen LogP contribution in [-0.2, 0) is 0 Å². The van der Waals surface area contributed by atoms with Crippen molar-refractivity contribution in [1.29, 1.82) is 0 Å². The monoisotopic (exact) mass is 273 g/mol. The number of benzene rings is 1. The molecule has 0 radical (unpaired) electrons. The van der Waals surface area contributed by atoms with Gasteiger partial charge in [-0.1, -0.05) is 6.07 Å². The van der Waals surface area contributed by atoms with Crippen molar-refractivity contribution >= 4 is 5.91 Å². The first-order valence-corrected chi connectivity index (χ1v) is 6.23. The zero-order chi connectivity index (χ0) is 14.4. The number of nitrogens with one attached hydrogen (secondary N) is 1. The fourth-order valence-electron chi connectivity index (χ4n) is 2.67. The van der Waals surface area contributed by atoms with Crippen LogP contribution in [0.15, 0.2) is 18.2 Å². The summed E-state index contributed by atoms with van der Waals surface area (Å²) < 4.78 is 5.13. The summed E-state index contributed by atoms with van der Waals surface area (Å²) in [7, 11) is 3.24. The molecule has 0 bridgehead atoms. The molecule has 0 spiro atoms. The molecule has 1 atom stereocenters. The minimum atomic E-state index is -0.217. The molecule has 1 amide bonds. The second-order valence-corrected chi connectivity index (χ2v) is 4.86. The number of amides is 1. The number of H-pyrrole nitrogens is 1. The van der Waals surface area contributed by atoms with E-state index in [2.05, 4.69) is 10.2 Å². The molecule has 1 aromatic carbocycles. The quantitative estimate of drug-likeness (QED) is 0.871. The zero-order valence-electron chi connectivity index (χ0n) is 11.5. The standard InChI is InChI=1S/C14H15N3O3/c1-7-11-12(16-15-7)14(19)17(2)13(11)8-4-5-9(18)10(6-8)20-3/h4-6,13,18H,1-3H3,(H,15,16)/t13-/m0/s1. The van der Waals surface area contributed by atoms with Gasteiger partial charge in [0.15, 0.2) is 17.2 Å². The van der Waals surface area contributed by atoms with E-state index in [1.165, 1.54) is 7.11 Å². The molecule has 0 unspecified atom stereocenters. The normalized spacial score (nSPS) is 17.4. The minimum Gasteiger partial charge on any atom is -0.504 e. The second kappa shape index (κ2) is 4.26. The number of nitrogens with zero attached hydrogens (tertiary/aromatic N) is 2. The first-order valence-electron chi connectivity index (χ1n) is 6.23. The number of rotatable bonds is 2. The summed E-state index contributed by atoms with van der Waals surface area (Å²) in [4.78, 5) is 13.8. The van der Waals surface area contributed by atoms with E-state index in [4.69, 9.17) is 4.74 Å². The van der Waals surface area contributed by atoms with Gasteiger partial charge in [-0.2, -0.15) is 5.10 Å². The van der Waals surface area contributed by atoms with Gasteiger partial charge < -0.3 is 14.7 Å². The maximum absolute atomic E-state index is 12.2. The zero-order valence-corrected chi connectivity index (χ0v) is 11.5. The molecule has 2 aromatic rings. The maximum atomic E-state index is 12.2. The van der Waals surface area contributed by atoms with Crippen LogP contribution in [0, 0.1) is 6.92 Å². The van der Waals surface area contributed by atoms with Gasteiger partial charge in [0.1, 0.15) is 0 Å². The first kappa shape index (κ1) is 12.5. The number of carbonyl (C=O) groups excluding carboxylic acids is 1. The molecule has 1 aliphatic rings. The Labute approximate surface area is 116 Å². The Morgan fingerprint density at radius 1 is 1.45 bits per heavy atom. The molecule has 1 aliphatic heterocycles. The summed E-state index contributed by atoms with van der Waals surface area (Å²) in [6.07, 6.45) is 0.